The van der Waals surface area contributed by atoms with E-state index in [0.29, 0.717) is 5.92 Å². The molecule has 0 fully saturated rings. The zero-order valence-electron chi connectivity index (χ0n) is 10.3. The molecule has 0 heterocycles. The zero-order valence-corrected chi connectivity index (χ0v) is 10.3. The summed E-state index contributed by atoms with van der Waals surface area (Å²) < 4.78 is 0. The van der Waals surface area contributed by atoms with Crippen molar-refractivity contribution in [1.82, 2.24) is 0 Å². The predicted molar refractivity (Wildman–Crippen MR) is 70.8 cm³/mol. The first kappa shape index (κ1) is 13.7. The fraction of sp³-hybridized carbons (Fsp3) is 0.333. The maximum absolute atomic E-state index is 3.67. The third-order valence-electron chi connectivity index (χ3n) is 2.39. The second-order valence-corrected chi connectivity index (χ2v) is 3.56. The summed E-state index contributed by atoms with van der Waals surface area (Å²) >= 11 is 0. The molecule has 0 nitrogen and oxygen atoms in total. The molecular formula is C15H22. The molecule has 0 saturated carbocycles. The van der Waals surface area contributed by atoms with Gasteiger partial charge in [-0.25, -0.2) is 0 Å². The average molecular weight is 202 g/mol. The van der Waals surface area contributed by atoms with Gasteiger partial charge in [0, 0.05) is 0 Å². The molecule has 1 unspecified atom stereocenters. The van der Waals surface area contributed by atoms with Gasteiger partial charge < -0.3 is 0 Å². The zero-order chi connectivity index (χ0) is 11.7. The average Bonchev–Trinajstić information content (AvgIpc) is 2.26. The second-order valence-electron chi connectivity index (χ2n) is 3.56. The molecule has 0 aliphatic carbocycles. The first-order valence-corrected chi connectivity index (χ1v) is 5.42. The summed E-state index contributed by atoms with van der Waals surface area (Å²) in [5.74, 6) is 0.445. The molecule has 82 valence electrons. The maximum atomic E-state index is 3.67. The number of rotatable bonds is 5. The van der Waals surface area contributed by atoms with Crippen molar-refractivity contribution in [3.05, 3.63) is 60.3 Å². The van der Waals surface area contributed by atoms with Crippen LogP contribution in [0.4, 0.5) is 0 Å². The first-order chi connectivity index (χ1) is 7.15. The molecule has 0 saturated heterocycles. The summed E-state index contributed by atoms with van der Waals surface area (Å²) in [5.41, 5.74) is 2.61. The third-order valence-corrected chi connectivity index (χ3v) is 2.39. The fourth-order valence-corrected chi connectivity index (χ4v) is 1.19. The molecule has 1 atom stereocenters. The first-order valence-electron chi connectivity index (χ1n) is 5.42. The van der Waals surface area contributed by atoms with Crippen molar-refractivity contribution in [2.24, 2.45) is 5.92 Å². The maximum Gasteiger partial charge on any atom is -0.00105 e. The van der Waals surface area contributed by atoms with E-state index in [0.717, 1.165) is 0 Å². The van der Waals surface area contributed by atoms with Crippen molar-refractivity contribution in [3.8, 4) is 0 Å². The number of hydrogen-bond donors (Lipinski definition) is 0. The van der Waals surface area contributed by atoms with Crippen LogP contribution in [0.2, 0.25) is 0 Å². The highest BCUT2D eigenvalue weighted by Gasteiger charge is 1.99. The number of allylic oxidation sites excluding steroid dienone is 9. The summed E-state index contributed by atoms with van der Waals surface area (Å²) in [6.07, 6.45) is 14.5. The summed E-state index contributed by atoms with van der Waals surface area (Å²) in [5, 5.41) is 0. The highest BCUT2D eigenvalue weighted by atomic mass is 14.0. The number of hydrogen-bond acceptors (Lipinski definition) is 0. The predicted octanol–water partition coefficient (Wildman–Crippen LogP) is 4.83. The molecule has 0 aliphatic heterocycles. The molecule has 0 heteroatoms. The van der Waals surface area contributed by atoms with Gasteiger partial charge in [0.05, 0.1) is 0 Å². The lowest BCUT2D eigenvalue weighted by Gasteiger charge is -2.06. The van der Waals surface area contributed by atoms with Gasteiger partial charge in [-0.2, -0.15) is 0 Å². The molecular weight excluding hydrogens is 180 g/mol. The Balaban J connectivity index is 4.55. The molecule has 0 rings (SSSR count). The monoisotopic (exact) mass is 202 g/mol. The lowest BCUT2D eigenvalue weighted by Crippen LogP contribution is -1.92. The molecule has 0 amide bonds. The Bertz CT molecular complexity index is 298. The van der Waals surface area contributed by atoms with Gasteiger partial charge in [0.2, 0.25) is 0 Å². The molecule has 0 aromatic rings. The Labute approximate surface area is 94.4 Å². The van der Waals surface area contributed by atoms with Gasteiger partial charge in [-0.15, -0.1) is 0 Å². The van der Waals surface area contributed by atoms with Gasteiger partial charge in [-0.1, -0.05) is 61.6 Å². The Morgan fingerprint density at radius 3 is 2.27 bits per heavy atom. The van der Waals surface area contributed by atoms with E-state index in [-0.39, 0.29) is 0 Å². The van der Waals surface area contributed by atoms with Crippen LogP contribution in [0.25, 0.3) is 0 Å². The standard InChI is InChI=1S/C15H22/c1-6-9-10-15(8-3)14(5)12-11-13(4)7-2/h6-12,14H,1H2,2-5H3/b10-9-,12-11-,13-7-,15-8+. The van der Waals surface area contributed by atoms with Crippen molar-refractivity contribution >= 4 is 0 Å². The minimum absolute atomic E-state index is 0.445. The van der Waals surface area contributed by atoms with E-state index in [9.17, 15) is 0 Å². The SMILES string of the molecule is C=C/C=C\C(=C/C)C(C)/C=C\C(C)=C/C. The topological polar surface area (TPSA) is 0 Å². The van der Waals surface area contributed by atoms with E-state index in [4.69, 9.17) is 0 Å². The van der Waals surface area contributed by atoms with Gasteiger partial charge in [-0.3, -0.25) is 0 Å². The van der Waals surface area contributed by atoms with E-state index in [1.807, 2.05) is 6.08 Å². The van der Waals surface area contributed by atoms with E-state index in [1.165, 1.54) is 11.1 Å². The molecule has 0 aromatic heterocycles. The van der Waals surface area contributed by atoms with Gasteiger partial charge in [-0.05, 0) is 32.3 Å². The molecule has 0 aliphatic rings. The highest BCUT2D eigenvalue weighted by molar-refractivity contribution is 5.28. The van der Waals surface area contributed by atoms with Crippen LogP contribution in [-0.4, -0.2) is 0 Å². The van der Waals surface area contributed by atoms with Gasteiger partial charge in [0.15, 0.2) is 0 Å². The van der Waals surface area contributed by atoms with Crippen LogP contribution in [0.3, 0.4) is 0 Å². The summed E-state index contributed by atoms with van der Waals surface area (Å²) in [4.78, 5) is 0. The summed E-state index contributed by atoms with van der Waals surface area (Å²) in [7, 11) is 0. The van der Waals surface area contributed by atoms with E-state index >= 15 is 0 Å². The molecule has 15 heavy (non-hydrogen) atoms. The van der Waals surface area contributed by atoms with Crippen LogP contribution in [0.5, 0.6) is 0 Å². The van der Waals surface area contributed by atoms with Crippen LogP contribution in [0.15, 0.2) is 60.3 Å². The lowest BCUT2D eigenvalue weighted by atomic mass is 9.99. The van der Waals surface area contributed by atoms with Crippen LogP contribution >= 0.6 is 0 Å². The normalized spacial score (nSPS) is 16.3. The molecule has 0 N–H and O–H groups in total. The Hall–Kier alpha value is -1.30. The second kappa shape index (κ2) is 8.05. The van der Waals surface area contributed by atoms with Crippen molar-refractivity contribution in [1.29, 1.82) is 0 Å². The minimum Gasteiger partial charge on any atom is -0.0991 e. The van der Waals surface area contributed by atoms with E-state index in [2.05, 4.69) is 64.7 Å². The Morgan fingerprint density at radius 2 is 1.80 bits per heavy atom. The summed E-state index contributed by atoms with van der Waals surface area (Å²) in [6, 6.07) is 0. The lowest BCUT2D eigenvalue weighted by molar-refractivity contribution is 0.887. The smallest absolute Gasteiger partial charge is 0.00105 e. The van der Waals surface area contributed by atoms with Crippen molar-refractivity contribution in [2.75, 3.05) is 0 Å². The third kappa shape index (κ3) is 5.90. The van der Waals surface area contributed by atoms with E-state index < -0.39 is 0 Å². The van der Waals surface area contributed by atoms with Gasteiger partial charge in [0.1, 0.15) is 0 Å². The molecule has 0 radical (unpaired) electrons. The van der Waals surface area contributed by atoms with Crippen LogP contribution in [0.1, 0.15) is 27.7 Å². The largest absolute Gasteiger partial charge is 0.0991 e. The Morgan fingerprint density at radius 1 is 1.13 bits per heavy atom. The Kier molecular flexibility index (Phi) is 7.35. The molecule has 0 bridgehead atoms. The molecule has 0 spiro atoms. The van der Waals surface area contributed by atoms with Crippen LogP contribution in [0, 0.1) is 5.92 Å². The quantitative estimate of drug-likeness (QED) is 0.560. The summed E-state index contributed by atoms with van der Waals surface area (Å²) in [6.45, 7) is 12.1. The van der Waals surface area contributed by atoms with Crippen molar-refractivity contribution in [3.63, 3.8) is 0 Å². The van der Waals surface area contributed by atoms with E-state index in [1.54, 1.807) is 6.08 Å². The fourth-order valence-electron chi connectivity index (χ4n) is 1.19. The van der Waals surface area contributed by atoms with Crippen LogP contribution < -0.4 is 0 Å². The van der Waals surface area contributed by atoms with Gasteiger partial charge in [0.25, 0.3) is 0 Å². The van der Waals surface area contributed by atoms with Crippen molar-refractivity contribution in [2.45, 2.75) is 27.7 Å². The van der Waals surface area contributed by atoms with Crippen LogP contribution in [-0.2, 0) is 0 Å². The minimum atomic E-state index is 0.445. The highest BCUT2D eigenvalue weighted by Crippen LogP contribution is 2.14. The molecule has 0 aromatic carbocycles. The van der Waals surface area contributed by atoms with Gasteiger partial charge >= 0.3 is 0 Å². The van der Waals surface area contributed by atoms with Crippen molar-refractivity contribution < 1.29 is 0 Å².